The maximum absolute atomic E-state index is 7.90. The van der Waals surface area contributed by atoms with Crippen LogP contribution in [0.3, 0.4) is 0 Å². The number of hydrogen-bond acceptors (Lipinski definition) is 2. The molecular formula is C17H25NO. The van der Waals surface area contributed by atoms with Crippen LogP contribution >= 0.6 is 0 Å². The maximum atomic E-state index is 7.90. The molecule has 1 saturated heterocycles. The molecule has 0 aromatic heterocycles. The van der Waals surface area contributed by atoms with Gasteiger partial charge < -0.3 is 9.64 Å². The highest BCUT2D eigenvalue weighted by molar-refractivity contribution is 5.55. The van der Waals surface area contributed by atoms with E-state index in [2.05, 4.69) is 6.92 Å². The van der Waals surface area contributed by atoms with E-state index in [-0.39, 0.29) is 12.1 Å². The van der Waals surface area contributed by atoms with Gasteiger partial charge in [0.25, 0.3) is 0 Å². The summed E-state index contributed by atoms with van der Waals surface area (Å²) in [5, 5.41) is 0. The Morgan fingerprint density at radius 3 is 2.68 bits per heavy atom. The van der Waals surface area contributed by atoms with Gasteiger partial charge in [-0.25, -0.2) is 0 Å². The van der Waals surface area contributed by atoms with Crippen molar-refractivity contribution >= 4 is 5.69 Å². The van der Waals surface area contributed by atoms with Crippen molar-refractivity contribution in [2.45, 2.75) is 64.8 Å². The molecule has 0 radical (unpaired) electrons. The van der Waals surface area contributed by atoms with Crippen molar-refractivity contribution in [2.24, 2.45) is 5.92 Å². The van der Waals surface area contributed by atoms with Crippen LogP contribution < -0.4 is 4.90 Å². The lowest BCUT2D eigenvalue weighted by Gasteiger charge is -2.29. The van der Waals surface area contributed by atoms with Gasteiger partial charge in [0.1, 0.15) is 6.23 Å². The van der Waals surface area contributed by atoms with E-state index in [1.807, 2.05) is 36.1 Å². The molecule has 0 N–H and O–H groups in total. The SMILES string of the molecule is [2H]C([2H])([2H])C1OC(C2CCCC2)[C@H](C)N1c1ccccc1C. The molecule has 2 nitrogen and oxygen atoms in total. The Morgan fingerprint density at radius 2 is 2.00 bits per heavy atom. The minimum atomic E-state index is -2.14. The Bertz CT molecular complexity index is 525. The first kappa shape index (κ1) is 9.82. The van der Waals surface area contributed by atoms with Crippen molar-refractivity contribution in [1.29, 1.82) is 0 Å². The summed E-state index contributed by atoms with van der Waals surface area (Å²) in [6.07, 6.45) is 3.97. The monoisotopic (exact) mass is 262 g/mol. The first-order valence-corrected chi connectivity index (χ1v) is 7.39. The number of benzene rings is 1. The highest BCUT2D eigenvalue weighted by atomic mass is 16.5. The molecule has 2 heteroatoms. The second-order valence-electron chi connectivity index (χ2n) is 5.93. The maximum Gasteiger partial charge on any atom is 0.128 e. The van der Waals surface area contributed by atoms with Crippen LogP contribution in [-0.4, -0.2) is 18.4 Å². The number of aryl methyl sites for hydroxylation is 1. The zero-order valence-electron chi connectivity index (χ0n) is 14.8. The molecule has 1 saturated carbocycles. The van der Waals surface area contributed by atoms with Gasteiger partial charge in [0.2, 0.25) is 0 Å². The van der Waals surface area contributed by atoms with Gasteiger partial charge in [0.15, 0.2) is 0 Å². The fourth-order valence-electron chi connectivity index (χ4n) is 3.69. The van der Waals surface area contributed by atoms with Crippen LogP contribution in [0.1, 0.15) is 49.1 Å². The average molecular weight is 262 g/mol. The first-order valence-electron chi connectivity index (χ1n) is 8.89. The molecule has 1 heterocycles. The third kappa shape index (κ3) is 2.27. The van der Waals surface area contributed by atoms with Gasteiger partial charge in [0.05, 0.1) is 12.1 Å². The molecular weight excluding hydrogens is 234 g/mol. The van der Waals surface area contributed by atoms with E-state index >= 15 is 0 Å². The number of hydrogen-bond donors (Lipinski definition) is 0. The van der Waals surface area contributed by atoms with E-state index in [4.69, 9.17) is 8.85 Å². The molecule has 0 spiro atoms. The predicted molar refractivity (Wildman–Crippen MR) is 79.4 cm³/mol. The molecule has 3 atom stereocenters. The second-order valence-corrected chi connectivity index (χ2v) is 5.93. The third-order valence-electron chi connectivity index (χ3n) is 4.71. The molecule has 3 rings (SSSR count). The van der Waals surface area contributed by atoms with E-state index in [0.717, 1.165) is 24.1 Å². The number of anilines is 1. The number of ether oxygens (including phenoxy) is 1. The molecule has 0 amide bonds. The fraction of sp³-hybridized carbons (Fsp3) is 0.647. The summed E-state index contributed by atoms with van der Waals surface area (Å²) in [5.74, 6) is 0.494. The summed E-state index contributed by atoms with van der Waals surface area (Å²) in [6, 6.07) is 8.08. The molecule has 104 valence electrons. The van der Waals surface area contributed by atoms with Gasteiger partial charge in [-0.1, -0.05) is 31.0 Å². The standard InChI is InChI=1S/C17H25NO/c1-12-8-4-7-11-16(12)18-13(2)17(19-14(18)3)15-9-5-6-10-15/h4,7-8,11,13-15,17H,5-6,9-10H2,1-3H3/t13-,14?,17?/m0/s1/i3D3. The topological polar surface area (TPSA) is 12.5 Å². The van der Waals surface area contributed by atoms with Crippen LogP contribution in [0.2, 0.25) is 0 Å². The molecule has 19 heavy (non-hydrogen) atoms. The lowest BCUT2D eigenvalue weighted by Crippen LogP contribution is -2.38. The molecule has 1 aromatic carbocycles. The minimum absolute atomic E-state index is 0.0209. The smallest absolute Gasteiger partial charge is 0.128 e. The Kier molecular flexibility index (Phi) is 2.67. The number of rotatable bonds is 2. The van der Waals surface area contributed by atoms with E-state index in [0.29, 0.717) is 5.92 Å². The first-order chi connectivity index (χ1) is 10.4. The van der Waals surface area contributed by atoms with Crippen LogP contribution in [0.15, 0.2) is 24.3 Å². The largest absolute Gasteiger partial charge is 0.353 e. The fourth-order valence-corrected chi connectivity index (χ4v) is 3.69. The Labute approximate surface area is 121 Å². The van der Waals surface area contributed by atoms with Crippen LogP contribution in [0, 0.1) is 12.8 Å². The highest BCUT2D eigenvalue weighted by Gasteiger charge is 2.42. The molecule has 2 fully saturated rings. The van der Waals surface area contributed by atoms with Crippen LogP contribution in [0.4, 0.5) is 5.69 Å². The lowest BCUT2D eigenvalue weighted by atomic mass is 9.95. The van der Waals surface area contributed by atoms with Crippen molar-refractivity contribution in [2.75, 3.05) is 4.90 Å². The van der Waals surface area contributed by atoms with Crippen LogP contribution in [-0.2, 0) is 4.74 Å². The van der Waals surface area contributed by atoms with E-state index < -0.39 is 13.1 Å². The van der Waals surface area contributed by atoms with Gasteiger partial charge in [-0.05, 0) is 51.1 Å². The highest BCUT2D eigenvalue weighted by Crippen LogP contribution is 2.39. The van der Waals surface area contributed by atoms with Gasteiger partial charge >= 0.3 is 0 Å². The normalized spacial score (nSPS) is 35.2. The quantitative estimate of drug-likeness (QED) is 0.794. The van der Waals surface area contributed by atoms with Gasteiger partial charge in [-0.3, -0.25) is 0 Å². The second kappa shape index (κ2) is 5.16. The number of para-hydroxylation sites is 1. The summed E-state index contributed by atoms with van der Waals surface area (Å²) in [4.78, 5) is 1.99. The van der Waals surface area contributed by atoms with Crippen molar-refractivity contribution in [1.82, 2.24) is 0 Å². The summed E-state index contributed by atoms with van der Waals surface area (Å²) in [5.41, 5.74) is 2.08. The van der Waals surface area contributed by atoms with Gasteiger partial charge in [-0.15, -0.1) is 0 Å². The van der Waals surface area contributed by atoms with Crippen LogP contribution in [0.5, 0.6) is 0 Å². The zero-order valence-corrected chi connectivity index (χ0v) is 11.8. The molecule has 1 aliphatic heterocycles. The van der Waals surface area contributed by atoms with Crippen molar-refractivity contribution in [3.05, 3.63) is 29.8 Å². The summed E-state index contributed by atoms with van der Waals surface area (Å²) in [6.45, 7) is 2.01. The van der Waals surface area contributed by atoms with Crippen molar-refractivity contribution in [3.8, 4) is 0 Å². The Balaban J connectivity index is 1.95. The van der Waals surface area contributed by atoms with Crippen molar-refractivity contribution in [3.63, 3.8) is 0 Å². The van der Waals surface area contributed by atoms with E-state index in [1.54, 1.807) is 0 Å². The van der Waals surface area contributed by atoms with Crippen LogP contribution in [0.25, 0.3) is 0 Å². The minimum Gasteiger partial charge on any atom is -0.353 e. The molecule has 1 aromatic rings. The molecule has 2 aliphatic rings. The van der Waals surface area contributed by atoms with Crippen molar-refractivity contribution < 1.29 is 8.85 Å². The Hall–Kier alpha value is -1.02. The van der Waals surface area contributed by atoms with Gasteiger partial charge in [-0.2, -0.15) is 0 Å². The number of nitrogens with zero attached hydrogens (tertiary/aromatic N) is 1. The third-order valence-corrected chi connectivity index (χ3v) is 4.71. The Morgan fingerprint density at radius 1 is 1.26 bits per heavy atom. The molecule has 0 bridgehead atoms. The van der Waals surface area contributed by atoms with E-state index in [1.165, 1.54) is 12.8 Å². The average Bonchev–Trinajstić information content (AvgIpc) is 3.06. The summed E-state index contributed by atoms with van der Waals surface area (Å²) < 4.78 is 29.8. The summed E-state index contributed by atoms with van der Waals surface area (Å²) in [7, 11) is 0. The predicted octanol–water partition coefficient (Wildman–Crippen LogP) is 4.12. The van der Waals surface area contributed by atoms with Gasteiger partial charge in [0, 0.05) is 9.80 Å². The lowest BCUT2D eigenvalue weighted by molar-refractivity contribution is 0.0177. The molecule has 2 unspecified atom stereocenters. The zero-order chi connectivity index (χ0) is 15.9. The molecule has 1 aliphatic carbocycles. The van der Waals surface area contributed by atoms with E-state index in [9.17, 15) is 0 Å². The summed E-state index contributed by atoms with van der Waals surface area (Å²) >= 11 is 0.